The molecule has 0 aliphatic rings. The van der Waals surface area contributed by atoms with Crippen LogP contribution >= 0.6 is 24.0 Å². The van der Waals surface area contributed by atoms with Gasteiger partial charge in [-0.1, -0.05) is 42.1 Å². The molecule has 3 N–H and O–H groups in total. The summed E-state index contributed by atoms with van der Waals surface area (Å²) >= 11 is 6.43. The van der Waals surface area contributed by atoms with Crippen molar-refractivity contribution in [3.8, 4) is 0 Å². The molecule has 0 saturated carbocycles. The van der Waals surface area contributed by atoms with Crippen LogP contribution in [-0.2, 0) is 16.1 Å². The molecule has 1 aromatic heterocycles. The molecule has 8 nitrogen and oxygen atoms in total. The second kappa shape index (κ2) is 10.9. The van der Waals surface area contributed by atoms with E-state index < -0.39 is 0 Å². The predicted octanol–water partition coefficient (Wildman–Crippen LogP) is 1.26. The summed E-state index contributed by atoms with van der Waals surface area (Å²) in [7, 11) is 1.62. The molecule has 146 valence electrons. The average Bonchev–Trinajstić information content (AvgIpc) is 2.99. The molecule has 0 aliphatic heterocycles. The number of benzene rings is 1. The molecule has 2 rings (SSSR count). The molecule has 0 bridgehead atoms. The Bertz CT molecular complexity index is 753. The number of aromatic nitrogens is 3. The van der Waals surface area contributed by atoms with Gasteiger partial charge >= 0.3 is 0 Å². The van der Waals surface area contributed by atoms with Crippen LogP contribution in [0.4, 0.5) is 0 Å². The zero-order valence-electron chi connectivity index (χ0n) is 15.6. The number of nitrogens with one attached hydrogen (secondary N) is 3. The zero-order valence-corrected chi connectivity index (χ0v) is 17.2. The van der Waals surface area contributed by atoms with Gasteiger partial charge in [-0.15, -0.1) is 10.2 Å². The zero-order chi connectivity index (χ0) is 19.6. The summed E-state index contributed by atoms with van der Waals surface area (Å²) in [6.07, 6.45) is 0. The number of thioether (sulfide) groups is 1. The van der Waals surface area contributed by atoms with Crippen LogP contribution < -0.4 is 16.2 Å². The van der Waals surface area contributed by atoms with Crippen LogP contribution in [0.25, 0.3) is 0 Å². The van der Waals surface area contributed by atoms with Crippen molar-refractivity contribution in [2.75, 3.05) is 19.5 Å². The maximum absolute atomic E-state index is 12.0. The lowest BCUT2D eigenvalue weighted by molar-refractivity contribution is -0.119. The topological polar surface area (TPSA) is 93.1 Å². The normalized spacial score (nSPS) is 11.7. The Balaban J connectivity index is 1.81. The highest BCUT2D eigenvalue weighted by atomic mass is 32.2. The molecule has 2 aromatic rings. The lowest BCUT2D eigenvalue weighted by atomic mass is 10.2. The van der Waals surface area contributed by atoms with E-state index in [0.29, 0.717) is 23.4 Å². The minimum atomic E-state index is -0.213. The first-order chi connectivity index (χ1) is 13.0. The molecular formula is C17H24N6O2S2. The number of amides is 1. The standard InChI is InChI=1S/C17H24N6O2S2/c1-12(10-25-3)18-16(26)21-20-15(24)11-27-17-22-19-13(2)23(17)9-14-7-5-4-6-8-14/h4-8,12H,9-11H2,1-3H3,(H,20,24)(H2,18,21,26)/t12-/m1/s1. The molecule has 27 heavy (non-hydrogen) atoms. The molecule has 0 saturated heterocycles. The Labute approximate surface area is 168 Å². The van der Waals surface area contributed by atoms with Crippen LogP contribution in [0.2, 0.25) is 0 Å². The number of hydrogen-bond acceptors (Lipinski definition) is 6. The number of methoxy groups -OCH3 is 1. The van der Waals surface area contributed by atoms with Gasteiger partial charge in [0.05, 0.1) is 18.9 Å². The van der Waals surface area contributed by atoms with E-state index in [-0.39, 0.29) is 17.7 Å². The number of rotatable bonds is 8. The van der Waals surface area contributed by atoms with Crippen LogP contribution in [0.5, 0.6) is 0 Å². The lowest BCUT2D eigenvalue weighted by Gasteiger charge is -2.16. The molecule has 0 radical (unpaired) electrons. The van der Waals surface area contributed by atoms with Gasteiger partial charge in [-0.05, 0) is 31.6 Å². The van der Waals surface area contributed by atoms with E-state index in [9.17, 15) is 4.79 Å². The van der Waals surface area contributed by atoms with Gasteiger partial charge in [-0.2, -0.15) is 0 Å². The first-order valence-corrected chi connectivity index (χ1v) is 9.79. The van der Waals surface area contributed by atoms with E-state index in [0.717, 1.165) is 11.4 Å². The van der Waals surface area contributed by atoms with Crippen LogP contribution in [-0.4, -0.2) is 51.3 Å². The fraction of sp³-hybridized carbons (Fsp3) is 0.412. The van der Waals surface area contributed by atoms with Crippen LogP contribution in [0.15, 0.2) is 35.5 Å². The summed E-state index contributed by atoms with van der Waals surface area (Å²) in [5.41, 5.74) is 6.39. The van der Waals surface area contributed by atoms with Gasteiger partial charge in [0.1, 0.15) is 5.82 Å². The molecule has 0 spiro atoms. The van der Waals surface area contributed by atoms with Gasteiger partial charge in [0, 0.05) is 13.2 Å². The van der Waals surface area contributed by atoms with Crippen LogP contribution in [0.1, 0.15) is 18.3 Å². The number of aryl methyl sites for hydroxylation is 1. The Morgan fingerprint density at radius 1 is 1.30 bits per heavy atom. The maximum atomic E-state index is 12.0. The highest BCUT2D eigenvalue weighted by Crippen LogP contribution is 2.18. The molecule has 1 amide bonds. The first-order valence-electron chi connectivity index (χ1n) is 8.40. The number of carbonyl (C=O) groups is 1. The average molecular weight is 409 g/mol. The number of thiocarbonyl (C=S) groups is 1. The molecular weight excluding hydrogens is 384 g/mol. The number of ether oxygens (including phenoxy) is 1. The van der Waals surface area contributed by atoms with Gasteiger partial charge < -0.3 is 14.6 Å². The van der Waals surface area contributed by atoms with E-state index in [4.69, 9.17) is 17.0 Å². The van der Waals surface area contributed by atoms with Gasteiger partial charge in [-0.3, -0.25) is 15.6 Å². The van der Waals surface area contributed by atoms with Crippen molar-refractivity contribution < 1.29 is 9.53 Å². The van der Waals surface area contributed by atoms with Gasteiger partial charge in [0.15, 0.2) is 10.3 Å². The van der Waals surface area contributed by atoms with Crippen molar-refractivity contribution in [2.45, 2.75) is 31.6 Å². The molecule has 0 aliphatic carbocycles. The second-order valence-electron chi connectivity index (χ2n) is 5.89. The number of carbonyl (C=O) groups excluding carboxylic acids is 1. The van der Waals surface area contributed by atoms with Gasteiger partial charge in [0.25, 0.3) is 0 Å². The van der Waals surface area contributed by atoms with Crippen LogP contribution in [0, 0.1) is 6.92 Å². The smallest absolute Gasteiger partial charge is 0.248 e. The summed E-state index contributed by atoms with van der Waals surface area (Å²) in [4.78, 5) is 12.0. The van der Waals surface area contributed by atoms with E-state index in [2.05, 4.69) is 26.4 Å². The van der Waals surface area contributed by atoms with Crippen molar-refractivity contribution in [3.63, 3.8) is 0 Å². The molecule has 1 atom stereocenters. The molecule has 1 aromatic carbocycles. The highest BCUT2D eigenvalue weighted by molar-refractivity contribution is 7.99. The molecule has 0 fully saturated rings. The number of nitrogens with zero attached hydrogens (tertiary/aromatic N) is 3. The Morgan fingerprint density at radius 2 is 2.04 bits per heavy atom. The second-order valence-corrected chi connectivity index (χ2v) is 7.24. The summed E-state index contributed by atoms with van der Waals surface area (Å²) in [5.74, 6) is 0.781. The van der Waals surface area contributed by atoms with Crippen molar-refractivity contribution in [1.29, 1.82) is 0 Å². The number of hydrogen-bond donors (Lipinski definition) is 3. The summed E-state index contributed by atoms with van der Waals surface area (Å²) in [6.45, 7) is 5.00. The van der Waals surface area contributed by atoms with E-state index in [1.807, 2.05) is 48.7 Å². The predicted molar refractivity (Wildman–Crippen MR) is 109 cm³/mol. The van der Waals surface area contributed by atoms with Crippen molar-refractivity contribution in [3.05, 3.63) is 41.7 Å². The Morgan fingerprint density at radius 3 is 2.74 bits per heavy atom. The van der Waals surface area contributed by atoms with E-state index in [1.54, 1.807) is 7.11 Å². The monoisotopic (exact) mass is 408 g/mol. The first kappa shape index (κ1) is 21.1. The SMILES string of the molecule is COC[C@@H](C)NC(=S)NNC(=O)CSc1nnc(C)n1Cc1ccccc1. The fourth-order valence-corrected chi connectivity index (χ4v) is 3.30. The summed E-state index contributed by atoms with van der Waals surface area (Å²) in [6, 6.07) is 10.1. The number of hydrazine groups is 1. The largest absolute Gasteiger partial charge is 0.383 e. The van der Waals surface area contributed by atoms with Gasteiger partial charge in [0.2, 0.25) is 5.91 Å². The maximum Gasteiger partial charge on any atom is 0.248 e. The van der Waals surface area contributed by atoms with Crippen molar-refractivity contribution in [1.82, 2.24) is 30.9 Å². The van der Waals surface area contributed by atoms with E-state index >= 15 is 0 Å². The third-order valence-corrected chi connectivity index (χ3v) is 4.71. The molecule has 0 unspecified atom stereocenters. The third kappa shape index (κ3) is 7.16. The van der Waals surface area contributed by atoms with E-state index in [1.165, 1.54) is 11.8 Å². The lowest BCUT2D eigenvalue weighted by Crippen LogP contribution is -2.50. The minimum absolute atomic E-state index is 0.0424. The third-order valence-electron chi connectivity index (χ3n) is 3.53. The Hall–Kier alpha value is -2.17. The van der Waals surface area contributed by atoms with Crippen molar-refractivity contribution >= 4 is 35.0 Å². The summed E-state index contributed by atoms with van der Waals surface area (Å²) < 4.78 is 7.00. The van der Waals surface area contributed by atoms with Gasteiger partial charge in [-0.25, -0.2) is 0 Å². The summed E-state index contributed by atoms with van der Waals surface area (Å²) in [5, 5.41) is 12.3. The van der Waals surface area contributed by atoms with Crippen molar-refractivity contribution in [2.24, 2.45) is 0 Å². The Kier molecular flexibility index (Phi) is 8.49. The fourth-order valence-electron chi connectivity index (χ4n) is 2.26. The molecule has 1 heterocycles. The van der Waals surface area contributed by atoms with Crippen LogP contribution in [0.3, 0.4) is 0 Å². The minimum Gasteiger partial charge on any atom is -0.383 e. The highest BCUT2D eigenvalue weighted by Gasteiger charge is 2.12. The quantitative estimate of drug-likeness (QED) is 0.342. The molecule has 10 heteroatoms.